The zero-order valence-corrected chi connectivity index (χ0v) is 17.5. The molecule has 0 spiro atoms. The van der Waals surface area contributed by atoms with E-state index in [0.717, 1.165) is 29.3 Å². The summed E-state index contributed by atoms with van der Waals surface area (Å²) in [6.07, 6.45) is 3.74. The second-order valence-corrected chi connectivity index (χ2v) is 7.97. The lowest BCUT2D eigenvalue weighted by molar-refractivity contribution is -0.134. The molecule has 1 aromatic heterocycles. The number of fused-ring (bicyclic) bond motifs is 1. The third-order valence-corrected chi connectivity index (χ3v) is 5.61. The van der Waals surface area contributed by atoms with Crippen LogP contribution in [0.2, 0.25) is 0 Å². The van der Waals surface area contributed by atoms with Gasteiger partial charge in [0.15, 0.2) is 0 Å². The minimum atomic E-state index is -0.259. The summed E-state index contributed by atoms with van der Waals surface area (Å²) in [5.41, 5.74) is 3.24. The zero-order valence-electron chi connectivity index (χ0n) is 17.5. The summed E-state index contributed by atoms with van der Waals surface area (Å²) in [5.74, 6) is -0.496. The van der Waals surface area contributed by atoms with Crippen molar-refractivity contribution in [3.05, 3.63) is 60.3 Å². The highest BCUT2D eigenvalue weighted by Gasteiger charge is 2.28. The predicted molar refractivity (Wildman–Crippen MR) is 121 cm³/mol. The van der Waals surface area contributed by atoms with E-state index < -0.39 is 0 Å². The molecule has 7 nitrogen and oxygen atoms in total. The highest BCUT2D eigenvalue weighted by molar-refractivity contribution is 5.95. The second kappa shape index (κ2) is 9.04. The van der Waals surface area contributed by atoms with Crippen molar-refractivity contribution in [3.8, 4) is 0 Å². The van der Waals surface area contributed by atoms with Crippen molar-refractivity contribution < 1.29 is 14.4 Å². The van der Waals surface area contributed by atoms with Crippen molar-refractivity contribution in [3.63, 3.8) is 0 Å². The molecule has 0 radical (unpaired) electrons. The molecule has 1 aliphatic rings. The summed E-state index contributed by atoms with van der Waals surface area (Å²) in [6.45, 7) is 2.52. The van der Waals surface area contributed by atoms with E-state index in [9.17, 15) is 14.4 Å². The summed E-state index contributed by atoms with van der Waals surface area (Å²) < 4.78 is 0. The van der Waals surface area contributed by atoms with E-state index in [1.807, 2.05) is 30.5 Å². The standard InChI is InChI=1S/C24H26N4O3/c1-16(29)26-19-7-4-8-20(13-19)27-24(31)17-6-5-11-28(15-17)23(30)12-18-14-25-22-10-3-2-9-21(18)22/h2-4,7-10,13-14,17,25H,5-6,11-12,15H2,1H3,(H,26,29)(H,27,31)/t17-/m0/s1. The third-order valence-electron chi connectivity index (χ3n) is 5.61. The van der Waals surface area contributed by atoms with Crippen LogP contribution in [0.15, 0.2) is 54.7 Å². The molecule has 160 valence electrons. The van der Waals surface area contributed by atoms with Crippen molar-refractivity contribution in [2.24, 2.45) is 5.92 Å². The Morgan fingerprint density at radius 2 is 1.84 bits per heavy atom. The molecule has 7 heteroatoms. The van der Waals surface area contributed by atoms with Crippen LogP contribution in [-0.2, 0) is 20.8 Å². The van der Waals surface area contributed by atoms with Crippen LogP contribution in [-0.4, -0.2) is 40.7 Å². The fourth-order valence-electron chi connectivity index (χ4n) is 4.09. The number of benzene rings is 2. The van der Waals surface area contributed by atoms with Gasteiger partial charge >= 0.3 is 0 Å². The molecular weight excluding hydrogens is 392 g/mol. The van der Waals surface area contributed by atoms with Crippen LogP contribution in [0.3, 0.4) is 0 Å². The molecule has 0 bridgehead atoms. The van der Waals surface area contributed by atoms with Gasteiger partial charge < -0.3 is 20.5 Å². The van der Waals surface area contributed by atoms with Crippen LogP contribution in [0.1, 0.15) is 25.3 Å². The number of H-pyrrole nitrogens is 1. The van der Waals surface area contributed by atoms with Gasteiger partial charge in [0.1, 0.15) is 0 Å². The molecule has 1 aliphatic heterocycles. The lowest BCUT2D eigenvalue weighted by Crippen LogP contribution is -2.44. The highest BCUT2D eigenvalue weighted by atomic mass is 16.2. The molecule has 1 saturated heterocycles. The topological polar surface area (TPSA) is 94.3 Å². The Labute approximate surface area is 180 Å². The maximum Gasteiger partial charge on any atom is 0.229 e. The average molecular weight is 418 g/mol. The van der Waals surface area contributed by atoms with E-state index in [-0.39, 0.29) is 23.6 Å². The molecule has 3 N–H and O–H groups in total. The van der Waals surface area contributed by atoms with Crippen molar-refractivity contribution in [1.82, 2.24) is 9.88 Å². The van der Waals surface area contributed by atoms with Crippen LogP contribution in [0.5, 0.6) is 0 Å². The van der Waals surface area contributed by atoms with Crippen molar-refractivity contribution >= 4 is 40.0 Å². The van der Waals surface area contributed by atoms with Crippen molar-refractivity contribution in [1.29, 1.82) is 0 Å². The molecule has 2 aromatic carbocycles. The predicted octanol–water partition coefficient (Wildman–Crippen LogP) is 3.55. The van der Waals surface area contributed by atoms with E-state index in [1.54, 1.807) is 29.2 Å². The first-order chi connectivity index (χ1) is 15.0. The number of nitrogens with zero attached hydrogens (tertiary/aromatic N) is 1. The number of amides is 3. The van der Waals surface area contributed by atoms with Crippen LogP contribution in [0.25, 0.3) is 10.9 Å². The van der Waals surface area contributed by atoms with Gasteiger partial charge in [-0.05, 0) is 42.7 Å². The molecule has 3 aromatic rings. The van der Waals surface area contributed by atoms with E-state index in [1.165, 1.54) is 6.92 Å². The van der Waals surface area contributed by atoms with Crippen molar-refractivity contribution in [2.75, 3.05) is 23.7 Å². The molecular formula is C24H26N4O3. The highest BCUT2D eigenvalue weighted by Crippen LogP contribution is 2.23. The number of hydrogen-bond donors (Lipinski definition) is 3. The van der Waals surface area contributed by atoms with E-state index in [0.29, 0.717) is 30.9 Å². The normalized spacial score (nSPS) is 16.2. The zero-order chi connectivity index (χ0) is 21.8. The number of piperidine rings is 1. The Kier molecular flexibility index (Phi) is 6.02. The van der Waals surface area contributed by atoms with Gasteiger partial charge in [-0.15, -0.1) is 0 Å². The van der Waals surface area contributed by atoms with Gasteiger partial charge in [0.25, 0.3) is 0 Å². The minimum absolute atomic E-state index is 0.0370. The van der Waals surface area contributed by atoms with Crippen LogP contribution in [0, 0.1) is 5.92 Å². The Morgan fingerprint density at radius 3 is 2.65 bits per heavy atom. The number of carbonyl (C=O) groups excluding carboxylic acids is 3. The molecule has 31 heavy (non-hydrogen) atoms. The molecule has 0 saturated carbocycles. The van der Waals surface area contributed by atoms with Gasteiger partial charge in [-0.2, -0.15) is 0 Å². The van der Waals surface area contributed by atoms with E-state index in [4.69, 9.17) is 0 Å². The number of carbonyl (C=O) groups is 3. The summed E-state index contributed by atoms with van der Waals surface area (Å²) in [4.78, 5) is 42.0. The Balaban J connectivity index is 1.38. The molecule has 1 fully saturated rings. The lowest BCUT2D eigenvalue weighted by atomic mass is 9.96. The molecule has 2 heterocycles. The van der Waals surface area contributed by atoms with Gasteiger partial charge in [0.2, 0.25) is 17.7 Å². The quantitative estimate of drug-likeness (QED) is 0.591. The Bertz CT molecular complexity index is 1120. The van der Waals surface area contributed by atoms with Gasteiger partial charge in [-0.25, -0.2) is 0 Å². The largest absolute Gasteiger partial charge is 0.361 e. The smallest absolute Gasteiger partial charge is 0.229 e. The average Bonchev–Trinajstić information content (AvgIpc) is 3.16. The number of anilines is 2. The van der Waals surface area contributed by atoms with Gasteiger partial charge in [-0.1, -0.05) is 24.3 Å². The van der Waals surface area contributed by atoms with E-state index in [2.05, 4.69) is 15.6 Å². The number of likely N-dealkylation sites (tertiary alicyclic amines) is 1. The van der Waals surface area contributed by atoms with Gasteiger partial charge in [0.05, 0.1) is 12.3 Å². The van der Waals surface area contributed by atoms with Crippen LogP contribution < -0.4 is 10.6 Å². The van der Waals surface area contributed by atoms with E-state index >= 15 is 0 Å². The molecule has 4 rings (SSSR count). The number of hydrogen-bond acceptors (Lipinski definition) is 3. The number of aromatic amines is 1. The molecule has 1 atom stereocenters. The van der Waals surface area contributed by atoms with Crippen LogP contribution >= 0.6 is 0 Å². The monoisotopic (exact) mass is 418 g/mol. The third kappa shape index (κ3) is 4.94. The number of rotatable bonds is 5. The first kappa shape index (κ1) is 20.7. The summed E-state index contributed by atoms with van der Waals surface area (Å²) in [7, 11) is 0. The number of aromatic nitrogens is 1. The van der Waals surface area contributed by atoms with Crippen molar-refractivity contribution in [2.45, 2.75) is 26.2 Å². The number of nitrogens with one attached hydrogen (secondary N) is 3. The Hall–Kier alpha value is -3.61. The van der Waals surface area contributed by atoms with Gasteiger partial charge in [-0.3, -0.25) is 14.4 Å². The van der Waals surface area contributed by atoms with Crippen LogP contribution in [0.4, 0.5) is 11.4 Å². The summed E-state index contributed by atoms with van der Waals surface area (Å²) in [6, 6.07) is 15.0. The maximum absolute atomic E-state index is 12.9. The number of para-hydroxylation sites is 1. The molecule has 0 unspecified atom stereocenters. The Morgan fingerprint density at radius 1 is 1.06 bits per heavy atom. The first-order valence-corrected chi connectivity index (χ1v) is 10.5. The molecule has 0 aliphatic carbocycles. The first-order valence-electron chi connectivity index (χ1n) is 10.5. The maximum atomic E-state index is 12.9. The minimum Gasteiger partial charge on any atom is -0.361 e. The summed E-state index contributed by atoms with van der Waals surface area (Å²) in [5, 5.41) is 6.69. The fourth-order valence-corrected chi connectivity index (χ4v) is 4.09. The fraction of sp³-hybridized carbons (Fsp3) is 0.292. The SMILES string of the molecule is CC(=O)Nc1cccc(NC(=O)[C@H]2CCCN(C(=O)Cc3c[nH]c4ccccc34)C2)c1. The summed E-state index contributed by atoms with van der Waals surface area (Å²) >= 11 is 0. The second-order valence-electron chi connectivity index (χ2n) is 7.97. The molecule has 3 amide bonds. The van der Waals surface area contributed by atoms with Gasteiger partial charge in [0, 0.05) is 48.5 Å². The lowest BCUT2D eigenvalue weighted by Gasteiger charge is -2.32.